The van der Waals surface area contributed by atoms with E-state index in [-0.39, 0.29) is 12.3 Å². The number of halogens is 1. The van der Waals surface area contributed by atoms with Crippen molar-refractivity contribution in [3.8, 4) is 11.5 Å². The van der Waals surface area contributed by atoms with Gasteiger partial charge in [-0.05, 0) is 6.42 Å². The van der Waals surface area contributed by atoms with Gasteiger partial charge in [0.1, 0.15) is 11.5 Å². The minimum Gasteiger partial charge on any atom is -0.495 e. The molecule has 7 nitrogen and oxygen atoms in total. The molecule has 1 aromatic rings. The normalized spacial score (nSPS) is 11.1. The molecule has 1 rings (SSSR count). The van der Waals surface area contributed by atoms with E-state index in [2.05, 4.69) is 10.0 Å². The third kappa shape index (κ3) is 5.36. The number of benzene rings is 1. The second-order valence-electron chi connectivity index (χ2n) is 4.38. The van der Waals surface area contributed by atoms with Crippen molar-refractivity contribution < 1.29 is 22.7 Å². The number of sulfonamides is 1. The van der Waals surface area contributed by atoms with Crippen LogP contribution < -0.4 is 19.5 Å². The van der Waals surface area contributed by atoms with Gasteiger partial charge in [-0.15, -0.1) is 0 Å². The molecule has 0 aliphatic heterocycles. The molecule has 0 spiro atoms. The Morgan fingerprint density at radius 2 is 1.86 bits per heavy atom. The van der Waals surface area contributed by atoms with Crippen molar-refractivity contribution in [1.29, 1.82) is 0 Å². The number of carbonyl (C=O) groups excluding carboxylic acids is 1. The molecule has 0 fully saturated rings. The van der Waals surface area contributed by atoms with E-state index >= 15 is 0 Å². The largest absolute Gasteiger partial charge is 0.495 e. The SMILES string of the molecule is CCCS(=O)(=O)NCC(=O)Nc1cc(OC)c(Cl)cc1OC. The Labute approximate surface area is 135 Å². The Kier molecular flexibility index (Phi) is 6.92. The van der Waals surface area contributed by atoms with E-state index < -0.39 is 15.9 Å². The van der Waals surface area contributed by atoms with Crippen LogP contribution >= 0.6 is 11.6 Å². The van der Waals surface area contributed by atoms with Gasteiger partial charge in [-0.3, -0.25) is 4.79 Å². The molecule has 22 heavy (non-hydrogen) atoms. The summed E-state index contributed by atoms with van der Waals surface area (Å²) in [4.78, 5) is 11.8. The van der Waals surface area contributed by atoms with Crippen molar-refractivity contribution in [3.63, 3.8) is 0 Å². The first-order chi connectivity index (χ1) is 10.3. The van der Waals surface area contributed by atoms with E-state index in [1.54, 1.807) is 6.92 Å². The summed E-state index contributed by atoms with van der Waals surface area (Å²) in [5, 5.41) is 2.88. The van der Waals surface area contributed by atoms with Crippen LogP contribution in [0.4, 0.5) is 5.69 Å². The minimum absolute atomic E-state index is 0.0294. The Morgan fingerprint density at radius 3 is 2.41 bits per heavy atom. The summed E-state index contributed by atoms with van der Waals surface area (Å²) >= 11 is 5.96. The van der Waals surface area contributed by atoms with Gasteiger partial charge >= 0.3 is 0 Å². The molecule has 0 saturated heterocycles. The lowest BCUT2D eigenvalue weighted by Gasteiger charge is -2.13. The number of ether oxygens (including phenoxy) is 2. The number of carbonyl (C=O) groups is 1. The highest BCUT2D eigenvalue weighted by Gasteiger charge is 2.15. The van der Waals surface area contributed by atoms with Gasteiger partial charge in [0.25, 0.3) is 0 Å². The van der Waals surface area contributed by atoms with Gasteiger partial charge in [0.2, 0.25) is 15.9 Å². The topological polar surface area (TPSA) is 93.7 Å². The summed E-state index contributed by atoms with van der Waals surface area (Å²) in [5.74, 6) is 0.153. The van der Waals surface area contributed by atoms with E-state index in [9.17, 15) is 13.2 Å². The molecule has 124 valence electrons. The average Bonchev–Trinajstić information content (AvgIpc) is 2.46. The maximum absolute atomic E-state index is 11.8. The Hall–Kier alpha value is -1.51. The second-order valence-corrected chi connectivity index (χ2v) is 6.71. The van der Waals surface area contributed by atoms with Crippen LogP contribution in [0.25, 0.3) is 0 Å². The number of rotatable bonds is 8. The zero-order chi connectivity index (χ0) is 16.8. The molecule has 0 aliphatic carbocycles. The van der Waals surface area contributed by atoms with Crippen LogP contribution in [0.5, 0.6) is 11.5 Å². The zero-order valence-electron chi connectivity index (χ0n) is 12.6. The highest BCUT2D eigenvalue weighted by molar-refractivity contribution is 7.89. The number of methoxy groups -OCH3 is 2. The highest BCUT2D eigenvalue weighted by Crippen LogP contribution is 2.35. The fraction of sp³-hybridized carbons (Fsp3) is 0.462. The predicted octanol–water partition coefficient (Wildman–Crippen LogP) is 1.63. The monoisotopic (exact) mass is 350 g/mol. The molecule has 0 unspecified atom stereocenters. The number of hydrogen-bond donors (Lipinski definition) is 2. The molecule has 0 aliphatic rings. The molecule has 1 amide bonds. The summed E-state index contributed by atoms with van der Waals surface area (Å²) in [7, 11) is -0.571. The van der Waals surface area contributed by atoms with Crippen LogP contribution in [-0.4, -0.2) is 40.8 Å². The molecule has 0 radical (unpaired) electrons. The minimum atomic E-state index is -3.44. The molecule has 9 heteroatoms. The number of nitrogens with one attached hydrogen (secondary N) is 2. The molecule has 0 aromatic heterocycles. The van der Waals surface area contributed by atoms with Crippen LogP contribution in [0, 0.1) is 0 Å². The van der Waals surface area contributed by atoms with Gasteiger partial charge in [0, 0.05) is 12.1 Å². The standard InChI is InChI=1S/C13H19ClN2O5S/c1-4-5-22(18,19)15-8-13(17)16-10-7-11(20-2)9(14)6-12(10)21-3/h6-7,15H,4-5,8H2,1-3H3,(H,16,17). The lowest BCUT2D eigenvalue weighted by Crippen LogP contribution is -2.34. The molecule has 0 saturated carbocycles. The van der Waals surface area contributed by atoms with Gasteiger partial charge in [0.15, 0.2) is 0 Å². The number of hydrogen-bond acceptors (Lipinski definition) is 5. The molecular formula is C13H19ClN2O5S. The average molecular weight is 351 g/mol. The Balaban J connectivity index is 2.79. The smallest absolute Gasteiger partial charge is 0.239 e. The van der Waals surface area contributed by atoms with Crippen LogP contribution in [0.3, 0.4) is 0 Å². The van der Waals surface area contributed by atoms with Crippen molar-refractivity contribution in [1.82, 2.24) is 4.72 Å². The van der Waals surface area contributed by atoms with Gasteiger partial charge in [-0.1, -0.05) is 18.5 Å². The highest BCUT2D eigenvalue weighted by atomic mass is 35.5. The lowest BCUT2D eigenvalue weighted by atomic mass is 10.2. The third-order valence-corrected chi connectivity index (χ3v) is 4.50. The lowest BCUT2D eigenvalue weighted by molar-refractivity contribution is -0.115. The zero-order valence-corrected chi connectivity index (χ0v) is 14.2. The van der Waals surface area contributed by atoms with E-state index in [0.29, 0.717) is 28.6 Å². The van der Waals surface area contributed by atoms with Crippen LogP contribution in [0.1, 0.15) is 13.3 Å². The van der Waals surface area contributed by atoms with Crippen molar-refractivity contribution in [2.45, 2.75) is 13.3 Å². The molecule has 1 aromatic carbocycles. The van der Waals surface area contributed by atoms with E-state index in [0.717, 1.165) is 0 Å². The fourth-order valence-electron chi connectivity index (χ4n) is 1.67. The molecule has 0 heterocycles. The molecular weight excluding hydrogens is 332 g/mol. The maximum atomic E-state index is 11.8. The van der Waals surface area contributed by atoms with Crippen molar-refractivity contribution >= 4 is 33.2 Å². The number of amides is 1. The summed E-state index contributed by atoms with van der Waals surface area (Å²) in [6.45, 7) is 1.38. The summed E-state index contributed by atoms with van der Waals surface area (Å²) in [6, 6.07) is 3.00. The van der Waals surface area contributed by atoms with Gasteiger partial charge in [-0.25, -0.2) is 13.1 Å². The van der Waals surface area contributed by atoms with E-state index in [1.807, 2.05) is 0 Å². The molecule has 0 atom stereocenters. The molecule has 0 bridgehead atoms. The van der Waals surface area contributed by atoms with Crippen LogP contribution in [0.15, 0.2) is 12.1 Å². The third-order valence-electron chi connectivity index (χ3n) is 2.67. The van der Waals surface area contributed by atoms with Gasteiger partial charge in [-0.2, -0.15) is 0 Å². The summed E-state index contributed by atoms with van der Waals surface area (Å²) < 4.78 is 35.4. The first-order valence-electron chi connectivity index (χ1n) is 6.51. The summed E-state index contributed by atoms with van der Waals surface area (Å²) in [5.41, 5.74) is 0.337. The predicted molar refractivity (Wildman–Crippen MR) is 85.3 cm³/mol. The van der Waals surface area contributed by atoms with Crippen molar-refractivity contribution in [2.75, 3.05) is 31.8 Å². The fourth-order valence-corrected chi connectivity index (χ4v) is 2.93. The summed E-state index contributed by atoms with van der Waals surface area (Å²) in [6.07, 6.45) is 0.471. The van der Waals surface area contributed by atoms with Crippen LogP contribution in [-0.2, 0) is 14.8 Å². The van der Waals surface area contributed by atoms with Crippen molar-refractivity contribution in [3.05, 3.63) is 17.2 Å². The Bertz CT molecular complexity index is 634. The van der Waals surface area contributed by atoms with E-state index in [1.165, 1.54) is 26.4 Å². The van der Waals surface area contributed by atoms with Crippen molar-refractivity contribution in [2.24, 2.45) is 0 Å². The first-order valence-corrected chi connectivity index (χ1v) is 8.54. The van der Waals surface area contributed by atoms with Crippen LogP contribution in [0.2, 0.25) is 5.02 Å². The van der Waals surface area contributed by atoms with Gasteiger partial charge < -0.3 is 14.8 Å². The maximum Gasteiger partial charge on any atom is 0.239 e. The molecule has 2 N–H and O–H groups in total. The second kappa shape index (κ2) is 8.21. The quantitative estimate of drug-likeness (QED) is 0.743. The van der Waals surface area contributed by atoms with Gasteiger partial charge in [0.05, 0.1) is 37.2 Å². The Morgan fingerprint density at radius 1 is 1.23 bits per heavy atom. The van der Waals surface area contributed by atoms with E-state index in [4.69, 9.17) is 21.1 Å². The number of anilines is 1. The first kappa shape index (κ1) is 18.5.